The van der Waals surface area contributed by atoms with Gasteiger partial charge < -0.3 is 11.1 Å². The van der Waals surface area contributed by atoms with Crippen molar-refractivity contribution in [3.8, 4) is 11.8 Å². The highest BCUT2D eigenvalue weighted by molar-refractivity contribution is 7.16. The molecule has 1 aromatic heterocycles. The van der Waals surface area contributed by atoms with E-state index >= 15 is 0 Å². The second-order valence-electron chi connectivity index (χ2n) is 4.30. The number of carbonyl (C=O) groups excluding carboxylic acids is 1. The van der Waals surface area contributed by atoms with Gasteiger partial charge in [-0.2, -0.15) is 0 Å². The Bertz CT molecular complexity index is 685. The van der Waals surface area contributed by atoms with E-state index in [-0.39, 0.29) is 5.91 Å². The summed E-state index contributed by atoms with van der Waals surface area (Å²) in [5.41, 5.74) is 6.73. The first-order chi connectivity index (χ1) is 10.2. The summed E-state index contributed by atoms with van der Waals surface area (Å²) in [5.74, 6) is 5.59. The summed E-state index contributed by atoms with van der Waals surface area (Å²) in [5, 5.41) is 2.89. The van der Waals surface area contributed by atoms with Crippen molar-refractivity contribution in [3.63, 3.8) is 0 Å². The van der Waals surface area contributed by atoms with Gasteiger partial charge in [-0.1, -0.05) is 29.5 Å². The van der Waals surface area contributed by atoms with Crippen molar-refractivity contribution in [2.45, 2.75) is 6.42 Å². The van der Waals surface area contributed by atoms with Crippen LogP contribution in [0.1, 0.15) is 20.8 Å². The second-order valence-corrected chi connectivity index (χ2v) is 6.10. The van der Waals surface area contributed by atoms with Gasteiger partial charge in [0.2, 0.25) is 0 Å². The van der Waals surface area contributed by atoms with Crippen LogP contribution in [0.15, 0.2) is 36.4 Å². The molecule has 1 aromatic carbocycles. The fourth-order valence-electron chi connectivity index (χ4n) is 1.78. The minimum Gasteiger partial charge on any atom is -0.352 e. The Hall–Kier alpha value is -1.80. The van der Waals surface area contributed by atoms with E-state index in [1.807, 2.05) is 24.3 Å². The Kier molecular flexibility index (Phi) is 5.82. The number of hydrogen-bond acceptors (Lipinski definition) is 3. The van der Waals surface area contributed by atoms with E-state index in [1.165, 1.54) is 11.3 Å². The molecule has 0 radical (unpaired) electrons. The molecule has 0 saturated carbocycles. The number of benzene rings is 1. The summed E-state index contributed by atoms with van der Waals surface area (Å²) in [4.78, 5) is 13.2. The number of rotatable bonds is 4. The lowest BCUT2D eigenvalue weighted by Gasteiger charge is -2.04. The lowest BCUT2D eigenvalue weighted by Crippen LogP contribution is -2.25. The van der Waals surface area contributed by atoms with Crippen molar-refractivity contribution in [2.24, 2.45) is 5.73 Å². The van der Waals surface area contributed by atoms with E-state index in [1.54, 1.807) is 12.1 Å². The van der Waals surface area contributed by atoms with Gasteiger partial charge in [-0.25, -0.2) is 0 Å². The number of amides is 1. The number of thiophene rings is 1. The summed E-state index contributed by atoms with van der Waals surface area (Å²) in [6, 6.07) is 11.0. The van der Waals surface area contributed by atoms with E-state index in [9.17, 15) is 4.79 Å². The minimum absolute atomic E-state index is 0.103. The van der Waals surface area contributed by atoms with Crippen molar-refractivity contribution < 1.29 is 4.79 Å². The van der Waals surface area contributed by atoms with E-state index in [0.29, 0.717) is 18.7 Å². The third-order valence-corrected chi connectivity index (χ3v) is 4.04. The predicted octanol–water partition coefficient (Wildman–Crippen LogP) is 2.68. The molecule has 0 saturated heterocycles. The molecule has 21 heavy (non-hydrogen) atoms. The molecule has 108 valence electrons. The van der Waals surface area contributed by atoms with E-state index in [0.717, 1.165) is 21.2 Å². The van der Waals surface area contributed by atoms with Crippen molar-refractivity contribution in [1.82, 2.24) is 5.32 Å². The normalized spacial score (nSPS) is 9.81. The standard InChI is InChI=1S/C16H15ClN2OS/c17-15-7-6-14(21-15)8-10-19-16(20)13-5-1-3-12(11-13)4-2-9-18/h1,3,5-7,11H,8-10,18H2,(H,19,20). The van der Waals surface area contributed by atoms with Crippen LogP contribution in [-0.2, 0) is 6.42 Å². The van der Waals surface area contributed by atoms with Gasteiger partial charge in [0, 0.05) is 22.5 Å². The van der Waals surface area contributed by atoms with Gasteiger partial charge in [0.15, 0.2) is 0 Å². The van der Waals surface area contributed by atoms with E-state index in [4.69, 9.17) is 17.3 Å². The zero-order valence-electron chi connectivity index (χ0n) is 11.4. The van der Waals surface area contributed by atoms with Crippen LogP contribution in [0.25, 0.3) is 0 Å². The quantitative estimate of drug-likeness (QED) is 0.852. The number of nitrogens with one attached hydrogen (secondary N) is 1. The molecule has 0 aliphatic carbocycles. The molecule has 1 amide bonds. The molecular weight excluding hydrogens is 304 g/mol. The fraction of sp³-hybridized carbons (Fsp3) is 0.188. The summed E-state index contributed by atoms with van der Waals surface area (Å²) in [7, 11) is 0. The smallest absolute Gasteiger partial charge is 0.251 e. The van der Waals surface area contributed by atoms with Gasteiger partial charge in [-0.15, -0.1) is 11.3 Å². The van der Waals surface area contributed by atoms with Crippen LogP contribution in [0.5, 0.6) is 0 Å². The van der Waals surface area contributed by atoms with Gasteiger partial charge in [-0.05, 0) is 36.8 Å². The van der Waals surface area contributed by atoms with Crippen molar-refractivity contribution in [3.05, 3.63) is 56.7 Å². The van der Waals surface area contributed by atoms with Gasteiger partial charge in [-0.3, -0.25) is 4.79 Å². The highest BCUT2D eigenvalue weighted by Crippen LogP contribution is 2.21. The monoisotopic (exact) mass is 318 g/mol. The van der Waals surface area contributed by atoms with Crippen LogP contribution >= 0.6 is 22.9 Å². The van der Waals surface area contributed by atoms with Gasteiger partial charge in [0.1, 0.15) is 0 Å². The first-order valence-corrected chi connectivity index (χ1v) is 7.70. The molecule has 0 unspecified atom stereocenters. The van der Waals surface area contributed by atoms with Gasteiger partial charge in [0.25, 0.3) is 5.91 Å². The molecule has 0 atom stereocenters. The summed E-state index contributed by atoms with van der Waals surface area (Å²) >= 11 is 7.40. The van der Waals surface area contributed by atoms with E-state index < -0.39 is 0 Å². The molecule has 1 heterocycles. The Morgan fingerprint density at radius 1 is 1.33 bits per heavy atom. The van der Waals surface area contributed by atoms with Crippen LogP contribution in [0.2, 0.25) is 4.34 Å². The number of hydrogen-bond donors (Lipinski definition) is 2. The molecule has 0 aliphatic rings. The van der Waals surface area contributed by atoms with Crippen LogP contribution in [0.4, 0.5) is 0 Å². The molecule has 0 bridgehead atoms. The maximum atomic E-state index is 12.1. The lowest BCUT2D eigenvalue weighted by molar-refractivity contribution is 0.0954. The predicted molar refractivity (Wildman–Crippen MR) is 87.7 cm³/mol. The van der Waals surface area contributed by atoms with Crippen molar-refractivity contribution >= 4 is 28.8 Å². The zero-order chi connectivity index (χ0) is 15.1. The largest absolute Gasteiger partial charge is 0.352 e. The van der Waals surface area contributed by atoms with Gasteiger partial charge in [0.05, 0.1) is 10.9 Å². The number of nitrogens with two attached hydrogens (primary N) is 1. The Morgan fingerprint density at radius 3 is 2.90 bits per heavy atom. The number of halogens is 1. The molecule has 0 fully saturated rings. The average Bonchev–Trinajstić information content (AvgIpc) is 2.91. The van der Waals surface area contributed by atoms with Crippen LogP contribution in [0, 0.1) is 11.8 Å². The first kappa shape index (κ1) is 15.6. The molecular formula is C16H15ClN2OS. The highest BCUT2D eigenvalue weighted by atomic mass is 35.5. The van der Waals surface area contributed by atoms with Crippen LogP contribution < -0.4 is 11.1 Å². The Balaban J connectivity index is 1.91. The topological polar surface area (TPSA) is 55.1 Å². The second kappa shape index (κ2) is 7.84. The molecule has 2 aromatic rings. The highest BCUT2D eigenvalue weighted by Gasteiger charge is 2.05. The fourth-order valence-corrected chi connectivity index (χ4v) is 2.87. The van der Waals surface area contributed by atoms with Crippen LogP contribution in [-0.4, -0.2) is 19.0 Å². The van der Waals surface area contributed by atoms with Gasteiger partial charge >= 0.3 is 0 Å². The lowest BCUT2D eigenvalue weighted by atomic mass is 10.1. The van der Waals surface area contributed by atoms with Crippen molar-refractivity contribution in [2.75, 3.05) is 13.1 Å². The molecule has 0 spiro atoms. The molecule has 2 rings (SSSR count). The third kappa shape index (κ3) is 4.91. The Labute approximate surface area is 133 Å². The molecule has 3 N–H and O–H groups in total. The molecule has 5 heteroatoms. The summed E-state index contributed by atoms with van der Waals surface area (Å²) < 4.78 is 0.766. The number of carbonyl (C=O) groups is 1. The maximum Gasteiger partial charge on any atom is 0.251 e. The molecule has 0 aliphatic heterocycles. The van der Waals surface area contributed by atoms with E-state index in [2.05, 4.69) is 17.2 Å². The third-order valence-electron chi connectivity index (χ3n) is 2.75. The molecule has 3 nitrogen and oxygen atoms in total. The summed E-state index contributed by atoms with van der Waals surface area (Å²) in [6.45, 7) is 0.883. The van der Waals surface area contributed by atoms with Crippen LogP contribution in [0.3, 0.4) is 0 Å². The maximum absolute atomic E-state index is 12.1. The Morgan fingerprint density at radius 2 is 2.19 bits per heavy atom. The SMILES string of the molecule is NCC#Cc1cccc(C(=O)NCCc2ccc(Cl)s2)c1. The first-order valence-electron chi connectivity index (χ1n) is 6.50. The minimum atomic E-state index is -0.103. The van der Waals surface area contributed by atoms with Crippen molar-refractivity contribution in [1.29, 1.82) is 0 Å². The average molecular weight is 319 g/mol. The zero-order valence-corrected chi connectivity index (χ0v) is 12.9. The summed E-state index contributed by atoms with van der Waals surface area (Å²) in [6.07, 6.45) is 0.774.